The van der Waals surface area contributed by atoms with Crippen molar-refractivity contribution in [1.82, 2.24) is 0 Å². The SMILES string of the molecule is C/C=C/N(C(C)=O)c1ccccc1C. The van der Waals surface area contributed by atoms with Crippen LogP contribution >= 0.6 is 0 Å². The van der Waals surface area contributed by atoms with Gasteiger partial charge in [-0.3, -0.25) is 9.69 Å². The number of hydrogen-bond donors (Lipinski definition) is 0. The number of carbonyl (C=O) groups excluding carboxylic acids is 1. The second-order valence-corrected chi connectivity index (χ2v) is 3.16. The Kier molecular flexibility index (Phi) is 3.46. The molecule has 0 N–H and O–H groups in total. The van der Waals surface area contributed by atoms with Crippen LogP contribution in [0, 0.1) is 6.92 Å². The van der Waals surface area contributed by atoms with Gasteiger partial charge < -0.3 is 0 Å². The maximum atomic E-state index is 11.4. The second-order valence-electron chi connectivity index (χ2n) is 3.16. The molecule has 0 unspecified atom stereocenters. The van der Waals surface area contributed by atoms with Crippen LogP contribution < -0.4 is 4.90 Å². The van der Waals surface area contributed by atoms with Gasteiger partial charge in [0, 0.05) is 13.1 Å². The normalized spacial score (nSPS) is 10.5. The molecule has 0 aliphatic rings. The third-order valence-electron chi connectivity index (χ3n) is 2.01. The Morgan fingerprint density at radius 3 is 2.50 bits per heavy atom. The molecule has 0 fully saturated rings. The number of carbonyl (C=O) groups is 1. The lowest BCUT2D eigenvalue weighted by Crippen LogP contribution is -2.22. The van der Waals surface area contributed by atoms with E-state index in [4.69, 9.17) is 0 Å². The van der Waals surface area contributed by atoms with E-state index >= 15 is 0 Å². The Morgan fingerprint density at radius 2 is 2.00 bits per heavy atom. The van der Waals surface area contributed by atoms with Crippen molar-refractivity contribution in [3.05, 3.63) is 42.1 Å². The lowest BCUT2D eigenvalue weighted by atomic mass is 10.2. The van der Waals surface area contributed by atoms with Crippen molar-refractivity contribution < 1.29 is 4.79 Å². The molecule has 0 aromatic heterocycles. The van der Waals surface area contributed by atoms with Gasteiger partial charge in [0.1, 0.15) is 0 Å². The molecule has 2 heteroatoms. The van der Waals surface area contributed by atoms with E-state index in [-0.39, 0.29) is 5.91 Å². The summed E-state index contributed by atoms with van der Waals surface area (Å²) in [5.41, 5.74) is 2.04. The Balaban J connectivity index is 3.11. The van der Waals surface area contributed by atoms with E-state index in [1.165, 1.54) is 0 Å². The van der Waals surface area contributed by atoms with Gasteiger partial charge in [-0.15, -0.1) is 0 Å². The molecule has 0 bridgehead atoms. The molecule has 14 heavy (non-hydrogen) atoms. The Morgan fingerprint density at radius 1 is 1.36 bits per heavy atom. The number of hydrogen-bond acceptors (Lipinski definition) is 1. The number of amides is 1. The fraction of sp³-hybridized carbons (Fsp3) is 0.250. The van der Waals surface area contributed by atoms with E-state index in [9.17, 15) is 4.79 Å². The van der Waals surface area contributed by atoms with Crippen LogP contribution in [-0.4, -0.2) is 5.91 Å². The third-order valence-corrected chi connectivity index (χ3v) is 2.01. The zero-order valence-electron chi connectivity index (χ0n) is 8.82. The highest BCUT2D eigenvalue weighted by molar-refractivity contribution is 5.94. The van der Waals surface area contributed by atoms with Crippen LogP contribution in [0.2, 0.25) is 0 Å². The molecule has 0 spiro atoms. The molecule has 1 rings (SSSR count). The summed E-state index contributed by atoms with van der Waals surface area (Å²) in [5, 5.41) is 0. The minimum atomic E-state index is 0.0254. The molecule has 2 nitrogen and oxygen atoms in total. The fourth-order valence-corrected chi connectivity index (χ4v) is 1.34. The first kappa shape index (κ1) is 10.5. The highest BCUT2D eigenvalue weighted by Gasteiger charge is 2.08. The molecule has 0 atom stereocenters. The predicted octanol–water partition coefficient (Wildman–Crippen LogP) is 2.88. The van der Waals surface area contributed by atoms with Crippen LogP contribution in [0.5, 0.6) is 0 Å². The summed E-state index contributed by atoms with van der Waals surface area (Å²) in [6, 6.07) is 7.83. The van der Waals surface area contributed by atoms with E-state index in [1.807, 2.05) is 44.2 Å². The molecular formula is C12H15NO. The fourth-order valence-electron chi connectivity index (χ4n) is 1.34. The van der Waals surface area contributed by atoms with Crippen molar-refractivity contribution in [1.29, 1.82) is 0 Å². The summed E-state index contributed by atoms with van der Waals surface area (Å²) in [7, 11) is 0. The number of benzene rings is 1. The summed E-state index contributed by atoms with van der Waals surface area (Å²) in [6.45, 7) is 5.45. The molecule has 1 aromatic carbocycles. The molecule has 1 amide bonds. The van der Waals surface area contributed by atoms with E-state index in [0.29, 0.717) is 0 Å². The minimum absolute atomic E-state index is 0.0254. The summed E-state index contributed by atoms with van der Waals surface area (Å²) in [5.74, 6) is 0.0254. The quantitative estimate of drug-likeness (QED) is 0.700. The van der Waals surface area contributed by atoms with Crippen molar-refractivity contribution >= 4 is 11.6 Å². The summed E-state index contributed by atoms with van der Waals surface area (Å²) < 4.78 is 0. The molecule has 74 valence electrons. The lowest BCUT2D eigenvalue weighted by Gasteiger charge is -2.18. The third kappa shape index (κ3) is 2.22. The van der Waals surface area contributed by atoms with Gasteiger partial charge in [0.25, 0.3) is 0 Å². The Hall–Kier alpha value is -1.57. The number of para-hydroxylation sites is 1. The number of anilines is 1. The van der Waals surface area contributed by atoms with E-state index in [1.54, 1.807) is 18.0 Å². The van der Waals surface area contributed by atoms with Crippen molar-refractivity contribution in [2.24, 2.45) is 0 Å². The van der Waals surface area contributed by atoms with Gasteiger partial charge >= 0.3 is 0 Å². The smallest absolute Gasteiger partial charge is 0.227 e. The average molecular weight is 189 g/mol. The van der Waals surface area contributed by atoms with Gasteiger partial charge in [0.15, 0.2) is 0 Å². The van der Waals surface area contributed by atoms with Crippen LogP contribution in [0.25, 0.3) is 0 Å². The number of nitrogens with zero attached hydrogens (tertiary/aromatic N) is 1. The van der Waals surface area contributed by atoms with Crippen molar-refractivity contribution in [2.45, 2.75) is 20.8 Å². The van der Waals surface area contributed by atoms with E-state index in [0.717, 1.165) is 11.3 Å². The largest absolute Gasteiger partial charge is 0.288 e. The van der Waals surface area contributed by atoms with Crippen LogP contribution in [0.15, 0.2) is 36.5 Å². The van der Waals surface area contributed by atoms with Crippen LogP contribution in [0.4, 0.5) is 5.69 Å². The second kappa shape index (κ2) is 4.61. The summed E-state index contributed by atoms with van der Waals surface area (Å²) in [6.07, 6.45) is 3.64. The molecule has 0 radical (unpaired) electrons. The maximum Gasteiger partial charge on any atom is 0.227 e. The van der Waals surface area contributed by atoms with Gasteiger partial charge in [-0.1, -0.05) is 24.3 Å². The zero-order chi connectivity index (χ0) is 10.6. The minimum Gasteiger partial charge on any atom is -0.288 e. The molecular weight excluding hydrogens is 174 g/mol. The van der Waals surface area contributed by atoms with Crippen molar-refractivity contribution in [3.8, 4) is 0 Å². The zero-order valence-corrected chi connectivity index (χ0v) is 8.82. The molecule has 0 aliphatic carbocycles. The van der Waals surface area contributed by atoms with Crippen LogP contribution in [0.1, 0.15) is 19.4 Å². The monoisotopic (exact) mass is 189 g/mol. The number of aryl methyl sites for hydroxylation is 1. The van der Waals surface area contributed by atoms with Gasteiger partial charge in [-0.05, 0) is 25.5 Å². The first-order valence-electron chi connectivity index (χ1n) is 4.65. The maximum absolute atomic E-state index is 11.4. The molecule has 1 aromatic rings. The van der Waals surface area contributed by atoms with Gasteiger partial charge in [0.05, 0.1) is 5.69 Å². The predicted molar refractivity (Wildman–Crippen MR) is 59.2 cm³/mol. The first-order valence-corrected chi connectivity index (χ1v) is 4.65. The van der Waals surface area contributed by atoms with Crippen molar-refractivity contribution in [3.63, 3.8) is 0 Å². The number of rotatable bonds is 2. The average Bonchev–Trinajstić information content (AvgIpc) is 2.15. The van der Waals surface area contributed by atoms with Crippen LogP contribution in [0.3, 0.4) is 0 Å². The number of allylic oxidation sites excluding steroid dienone is 1. The highest BCUT2D eigenvalue weighted by Crippen LogP contribution is 2.19. The van der Waals surface area contributed by atoms with Gasteiger partial charge in [0.2, 0.25) is 5.91 Å². The topological polar surface area (TPSA) is 20.3 Å². The van der Waals surface area contributed by atoms with Crippen LogP contribution in [-0.2, 0) is 4.79 Å². The molecule has 0 aliphatic heterocycles. The van der Waals surface area contributed by atoms with Gasteiger partial charge in [-0.25, -0.2) is 0 Å². The molecule has 0 heterocycles. The standard InChI is InChI=1S/C12H15NO/c1-4-9-13(11(3)14)12-8-6-5-7-10(12)2/h4-9H,1-3H3/b9-4+. The first-order chi connectivity index (χ1) is 6.66. The molecule has 0 saturated carbocycles. The van der Waals surface area contributed by atoms with E-state index < -0.39 is 0 Å². The summed E-state index contributed by atoms with van der Waals surface area (Å²) in [4.78, 5) is 13.0. The highest BCUT2D eigenvalue weighted by atomic mass is 16.2. The van der Waals surface area contributed by atoms with E-state index in [2.05, 4.69) is 0 Å². The summed E-state index contributed by atoms with van der Waals surface area (Å²) >= 11 is 0. The van der Waals surface area contributed by atoms with Crippen molar-refractivity contribution in [2.75, 3.05) is 4.90 Å². The van der Waals surface area contributed by atoms with Gasteiger partial charge in [-0.2, -0.15) is 0 Å². The lowest BCUT2D eigenvalue weighted by molar-refractivity contribution is -0.116. The molecule has 0 saturated heterocycles. The Labute approximate surface area is 84.9 Å². The Bertz CT molecular complexity index is 355.